The SMILES string of the molecule is CCCc1cc(=O)n(Cc2ccccc2Br)[nH]1. The fourth-order valence-electron chi connectivity index (χ4n) is 1.80. The van der Waals surface area contributed by atoms with E-state index in [1.54, 1.807) is 10.7 Å². The van der Waals surface area contributed by atoms with E-state index in [1.165, 1.54) is 0 Å². The Morgan fingerprint density at radius 3 is 2.82 bits per heavy atom. The average molecular weight is 295 g/mol. The highest BCUT2D eigenvalue weighted by molar-refractivity contribution is 9.10. The molecule has 0 atom stereocenters. The number of aromatic amines is 1. The van der Waals surface area contributed by atoms with Gasteiger partial charge in [0, 0.05) is 16.2 Å². The summed E-state index contributed by atoms with van der Waals surface area (Å²) < 4.78 is 2.67. The minimum atomic E-state index is 0.0317. The quantitative estimate of drug-likeness (QED) is 0.925. The zero-order valence-electron chi connectivity index (χ0n) is 9.74. The van der Waals surface area contributed by atoms with Gasteiger partial charge in [0.25, 0.3) is 5.56 Å². The van der Waals surface area contributed by atoms with Crippen LogP contribution in [0.3, 0.4) is 0 Å². The zero-order chi connectivity index (χ0) is 12.3. The largest absolute Gasteiger partial charge is 0.299 e. The number of nitrogens with one attached hydrogen (secondary N) is 1. The van der Waals surface area contributed by atoms with Gasteiger partial charge in [-0.05, 0) is 18.1 Å². The molecule has 17 heavy (non-hydrogen) atoms. The first-order valence-corrected chi connectivity index (χ1v) is 6.52. The van der Waals surface area contributed by atoms with E-state index in [2.05, 4.69) is 28.0 Å². The van der Waals surface area contributed by atoms with Gasteiger partial charge in [0.15, 0.2) is 0 Å². The number of halogens is 1. The lowest BCUT2D eigenvalue weighted by Gasteiger charge is -2.04. The van der Waals surface area contributed by atoms with Crippen molar-refractivity contribution in [1.29, 1.82) is 0 Å². The Kier molecular flexibility index (Phi) is 3.84. The molecule has 2 aromatic rings. The van der Waals surface area contributed by atoms with E-state index in [9.17, 15) is 4.79 Å². The third kappa shape index (κ3) is 2.88. The first-order chi connectivity index (χ1) is 8.20. The second kappa shape index (κ2) is 5.36. The summed E-state index contributed by atoms with van der Waals surface area (Å²) in [5, 5.41) is 3.14. The lowest BCUT2D eigenvalue weighted by Crippen LogP contribution is -2.16. The molecule has 1 aromatic carbocycles. The van der Waals surface area contributed by atoms with Crippen LogP contribution in [-0.2, 0) is 13.0 Å². The Hall–Kier alpha value is -1.29. The van der Waals surface area contributed by atoms with Crippen LogP contribution in [0, 0.1) is 0 Å². The van der Waals surface area contributed by atoms with Gasteiger partial charge < -0.3 is 0 Å². The predicted octanol–water partition coefficient (Wildman–Crippen LogP) is 2.94. The Morgan fingerprint density at radius 2 is 2.12 bits per heavy atom. The molecule has 0 fully saturated rings. The maximum Gasteiger partial charge on any atom is 0.267 e. The molecule has 0 bridgehead atoms. The summed E-state index contributed by atoms with van der Waals surface area (Å²) in [6.07, 6.45) is 1.95. The van der Waals surface area contributed by atoms with Crippen LogP contribution in [0.15, 0.2) is 39.6 Å². The number of H-pyrrole nitrogens is 1. The lowest BCUT2D eigenvalue weighted by molar-refractivity contribution is 0.647. The highest BCUT2D eigenvalue weighted by atomic mass is 79.9. The Labute approximate surface area is 109 Å². The Bertz CT molecular complexity index is 557. The van der Waals surface area contributed by atoms with Crippen LogP contribution in [0.5, 0.6) is 0 Å². The summed E-state index contributed by atoms with van der Waals surface area (Å²) in [5.74, 6) is 0. The van der Waals surface area contributed by atoms with E-state index in [0.29, 0.717) is 6.54 Å². The molecule has 0 amide bonds. The molecule has 3 nitrogen and oxygen atoms in total. The minimum Gasteiger partial charge on any atom is -0.299 e. The van der Waals surface area contributed by atoms with E-state index in [-0.39, 0.29) is 5.56 Å². The van der Waals surface area contributed by atoms with Crippen LogP contribution in [0.4, 0.5) is 0 Å². The molecule has 1 aromatic heterocycles. The van der Waals surface area contributed by atoms with Crippen molar-refractivity contribution in [2.75, 3.05) is 0 Å². The predicted molar refractivity (Wildman–Crippen MR) is 72.3 cm³/mol. The van der Waals surface area contributed by atoms with Gasteiger partial charge in [0.05, 0.1) is 6.54 Å². The maximum atomic E-state index is 11.7. The van der Waals surface area contributed by atoms with Gasteiger partial charge >= 0.3 is 0 Å². The number of aromatic nitrogens is 2. The molecule has 4 heteroatoms. The van der Waals surface area contributed by atoms with Crippen LogP contribution in [-0.4, -0.2) is 9.78 Å². The lowest BCUT2D eigenvalue weighted by atomic mass is 10.2. The van der Waals surface area contributed by atoms with Gasteiger partial charge in [-0.1, -0.05) is 47.5 Å². The van der Waals surface area contributed by atoms with Crippen molar-refractivity contribution in [3.8, 4) is 0 Å². The van der Waals surface area contributed by atoms with Crippen LogP contribution in [0.1, 0.15) is 24.6 Å². The number of benzene rings is 1. The molecule has 0 saturated heterocycles. The fraction of sp³-hybridized carbons (Fsp3) is 0.308. The van der Waals surface area contributed by atoms with Crippen LogP contribution in [0.25, 0.3) is 0 Å². The maximum absolute atomic E-state index is 11.7. The third-order valence-corrected chi connectivity index (χ3v) is 3.42. The highest BCUT2D eigenvalue weighted by Gasteiger charge is 2.05. The van der Waals surface area contributed by atoms with E-state index < -0.39 is 0 Å². The van der Waals surface area contributed by atoms with Crippen LogP contribution in [0.2, 0.25) is 0 Å². The van der Waals surface area contributed by atoms with Gasteiger partial charge in [-0.15, -0.1) is 0 Å². The molecular formula is C13H15BrN2O. The van der Waals surface area contributed by atoms with Gasteiger partial charge in [-0.3, -0.25) is 9.89 Å². The Morgan fingerprint density at radius 1 is 1.35 bits per heavy atom. The van der Waals surface area contributed by atoms with Crippen molar-refractivity contribution in [2.24, 2.45) is 0 Å². The number of hydrogen-bond acceptors (Lipinski definition) is 1. The molecule has 90 valence electrons. The topological polar surface area (TPSA) is 37.8 Å². The van der Waals surface area contributed by atoms with Crippen molar-refractivity contribution in [2.45, 2.75) is 26.3 Å². The molecule has 0 aliphatic heterocycles. The van der Waals surface area contributed by atoms with Gasteiger partial charge in [-0.25, -0.2) is 4.68 Å². The zero-order valence-corrected chi connectivity index (χ0v) is 11.3. The van der Waals surface area contributed by atoms with E-state index in [1.807, 2.05) is 24.3 Å². The summed E-state index contributed by atoms with van der Waals surface area (Å²) in [6, 6.07) is 9.61. The van der Waals surface area contributed by atoms with Crippen LogP contribution < -0.4 is 5.56 Å². The summed E-state index contributed by atoms with van der Waals surface area (Å²) in [7, 11) is 0. The molecule has 0 aliphatic carbocycles. The summed E-state index contributed by atoms with van der Waals surface area (Å²) in [5.41, 5.74) is 2.13. The standard InChI is InChI=1S/C13H15BrN2O/c1-2-5-11-8-13(17)16(15-11)9-10-6-3-4-7-12(10)14/h3-4,6-8,15H,2,5,9H2,1H3. The van der Waals surface area contributed by atoms with Gasteiger partial charge in [0.1, 0.15) is 0 Å². The van der Waals surface area contributed by atoms with Gasteiger partial charge in [0.2, 0.25) is 0 Å². The molecule has 0 saturated carbocycles. The second-order valence-corrected chi connectivity index (χ2v) is 4.90. The molecule has 0 aliphatic rings. The Balaban J connectivity index is 2.24. The van der Waals surface area contributed by atoms with Crippen molar-refractivity contribution >= 4 is 15.9 Å². The molecule has 0 spiro atoms. The monoisotopic (exact) mass is 294 g/mol. The van der Waals surface area contributed by atoms with Gasteiger partial charge in [-0.2, -0.15) is 0 Å². The molecule has 0 unspecified atom stereocenters. The smallest absolute Gasteiger partial charge is 0.267 e. The van der Waals surface area contributed by atoms with E-state index in [4.69, 9.17) is 0 Å². The number of aryl methyl sites for hydroxylation is 1. The first-order valence-electron chi connectivity index (χ1n) is 5.73. The van der Waals surface area contributed by atoms with Crippen molar-refractivity contribution in [3.63, 3.8) is 0 Å². The summed E-state index contributed by atoms with van der Waals surface area (Å²) in [6.45, 7) is 2.67. The number of rotatable bonds is 4. The molecule has 1 N–H and O–H groups in total. The normalized spacial score (nSPS) is 10.7. The summed E-state index contributed by atoms with van der Waals surface area (Å²) >= 11 is 3.49. The fourth-order valence-corrected chi connectivity index (χ4v) is 2.21. The third-order valence-electron chi connectivity index (χ3n) is 2.65. The van der Waals surface area contributed by atoms with E-state index in [0.717, 1.165) is 28.6 Å². The summed E-state index contributed by atoms with van der Waals surface area (Å²) in [4.78, 5) is 11.7. The van der Waals surface area contributed by atoms with E-state index >= 15 is 0 Å². The average Bonchev–Trinajstić information content (AvgIpc) is 2.63. The number of nitrogens with zero attached hydrogens (tertiary/aromatic N) is 1. The van der Waals surface area contributed by atoms with Crippen LogP contribution >= 0.6 is 15.9 Å². The molecule has 0 radical (unpaired) electrons. The minimum absolute atomic E-state index is 0.0317. The molecular weight excluding hydrogens is 280 g/mol. The second-order valence-electron chi connectivity index (χ2n) is 4.05. The van der Waals surface area contributed by atoms with Crippen molar-refractivity contribution < 1.29 is 0 Å². The number of hydrogen-bond donors (Lipinski definition) is 1. The molecule has 1 heterocycles. The first kappa shape index (κ1) is 12.2. The highest BCUT2D eigenvalue weighted by Crippen LogP contribution is 2.16. The molecule has 2 rings (SSSR count). The van der Waals surface area contributed by atoms with Crippen molar-refractivity contribution in [1.82, 2.24) is 9.78 Å². The van der Waals surface area contributed by atoms with Crippen molar-refractivity contribution in [3.05, 3.63) is 56.4 Å².